The topological polar surface area (TPSA) is 175 Å². The van der Waals surface area contributed by atoms with E-state index in [1.54, 1.807) is 6.08 Å². The van der Waals surface area contributed by atoms with Gasteiger partial charge in [0, 0.05) is 6.42 Å². The first kappa shape index (κ1) is 68.1. The van der Waals surface area contributed by atoms with Gasteiger partial charge in [-0.05, 0) is 89.9 Å². The van der Waals surface area contributed by atoms with Gasteiger partial charge in [0.15, 0.2) is 12.4 Å². The maximum Gasteiger partial charge on any atom is 0.306 e. The van der Waals surface area contributed by atoms with Gasteiger partial charge in [-0.3, -0.25) is 9.59 Å². The van der Waals surface area contributed by atoms with Crippen LogP contribution in [0.1, 0.15) is 245 Å². The second-order valence-corrected chi connectivity index (χ2v) is 20.4. The number of rotatable bonds is 49. The number of aliphatic hydroxyl groups excluding tert-OH is 5. The third-order valence-corrected chi connectivity index (χ3v) is 13.6. The van der Waals surface area contributed by atoms with Crippen molar-refractivity contribution in [1.29, 1.82) is 0 Å². The average molecular weight is 1030 g/mol. The van der Waals surface area contributed by atoms with E-state index in [1.165, 1.54) is 89.9 Å². The molecule has 6 N–H and O–H groups in total. The van der Waals surface area contributed by atoms with Crippen LogP contribution in [0.2, 0.25) is 0 Å². The molecule has 0 aliphatic carbocycles. The number of carbonyl (C=O) groups excluding carboxylic acids is 2. The van der Waals surface area contributed by atoms with Crippen molar-refractivity contribution in [2.24, 2.45) is 0 Å². The van der Waals surface area contributed by atoms with Crippen LogP contribution in [-0.4, -0.2) is 99.6 Å². The van der Waals surface area contributed by atoms with E-state index in [9.17, 15) is 35.1 Å². The molecule has 0 aromatic carbocycles. The number of unbranched alkanes of at least 4 members (excludes halogenated alkanes) is 26. The third kappa shape index (κ3) is 38.3. The maximum absolute atomic E-state index is 13.4. The molecular weight excluding hydrogens is 919 g/mol. The molecule has 0 bridgehead atoms. The molecule has 0 spiro atoms. The first-order valence-electron chi connectivity index (χ1n) is 29.7. The van der Waals surface area contributed by atoms with Gasteiger partial charge in [-0.25, -0.2) is 0 Å². The number of ether oxygens (including phenoxy) is 3. The normalized spacial score (nSPS) is 19.9. The van der Waals surface area contributed by atoms with Crippen molar-refractivity contribution in [3.63, 3.8) is 0 Å². The van der Waals surface area contributed by atoms with Gasteiger partial charge < -0.3 is 45.1 Å². The van der Waals surface area contributed by atoms with E-state index >= 15 is 0 Å². The molecule has 1 saturated heterocycles. The summed E-state index contributed by atoms with van der Waals surface area (Å²) in [4.78, 5) is 26.5. The van der Waals surface area contributed by atoms with Gasteiger partial charge in [-0.15, -0.1) is 0 Å². The Morgan fingerprint density at radius 3 is 1.52 bits per heavy atom. The number of nitrogens with one attached hydrogen (secondary N) is 1. The highest BCUT2D eigenvalue weighted by atomic mass is 16.7. The Bertz CT molecular complexity index is 1460. The Balaban J connectivity index is 2.71. The number of allylic oxidation sites excluding steroid dienone is 11. The third-order valence-electron chi connectivity index (χ3n) is 13.6. The molecule has 1 amide bonds. The summed E-state index contributed by atoms with van der Waals surface area (Å²) in [5.74, 6) is -1.22. The molecule has 11 heteroatoms. The van der Waals surface area contributed by atoms with Crippen molar-refractivity contribution in [1.82, 2.24) is 5.32 Å². The summed E-state index contributed by atoms with van der Waals surface area (Å²) in [6.45, 7) is 5.70. The Morgan fingerprint density at radius 2 is 0.986 bits per heavy atom. The summed E-state index contributed by atoms with van der Waals surface area (Å²) >= 11 is 0. The first-order valence-corrected chi connectivity index (χ1v) is 29.7. The number of amides is 1. The summed E-state index contributed by atoms with van der Waals surface area (Å²) in [6, 6.07) is -1.03. The molecule has 1 rings (SSSR count). The molecule has 1 heterocycles. The lowest BCUT2D eigenvalue weighted by Crippen LogP contribution is -2.61. The summed E-state index contributed by atoms with van der Waals surface area (Å²) in [5.41, 5.74) is 0. The number of hydrogen-bond donors (Lipinski definition) is 6. The quantitative estimate of drug-likeness (QED) is 0.0149. The molecule has 1 aliphatic rings. The van der Waals surface area contributed by atoms with Gasteiger partial charge in [-0.2, -0.15) is 0 Å². The van der Waals surface area contributed by atoms with Crippen LogP contribution in [-0.2, 0) is 23.8 Å². The van der Waals surface area contributed by atoms with Gasteiger partial charge in [0.2, 0.25) is 5.91 Å². The SMILES string of the molecule is CCCCC/C=C\C/C=C\C/C=C\CCCCCCCCC(=O)OC1C(OCC(NC(=O)C(O)CCCCCCC/C=C/C=C/CCCCC)C(O)/C=C/CCCCCCCCCCC)OC(CO)C(O)C1O. The lowest BCUT2D eigenvalue weighted by atomic mass is 9.99. The summed E-state index contributed by atoms with van der Waals surface area (Å²) in [6.07, 6.45) is 52.2. The first-order chi connectivity index (χ1) is 35.7. The molecule has 8 unspecified atom stereocenters. The zero-order chi connectivity index (χ0) is 53.3. The van der Waals surface area contributed by atoms with E-state index in [1.807, 2.05) is 6.08 Å². The molecule has 11 nitrogen and oxygen atoms in total. The van der Waals surface area contributed by atoms with Crippen molar-refractivity contribution in [2.45, 2.75) is 294 Å². The van der Waals surface area contributed by atoms with Crippen molar-refractivity contribution < 1.29 is 49.3 Å². The summed E-state index contributed by atoms with van der Waals surface area (Å²) < 4.78 is 17.6. The second kappa shape index (κ2) is 49.9. The van der Waals surface area contributed by atoms with Gasteiger partial charge in [0.1, 0.15) is 24.4 Å². The number of carbonyl (C=O) groups is 2. The Hall–Kier alpha value is -2.90. The van der Waals surface area contributed by atoms with Crippen molar-refractivity contribution >= 4 is 11.9 Å². The molecule has 73 heavy (non-hydrogen) atoms. The van der Waals surface area contributed by atoms with Crippen LogP contribution in [0.25, 0.3) is 0 Å². The molecule has 0 radical (unpaired) electrons. The summed E-state index contributed by atoms with van der Waals surface area (Å²) in [5, 5.41) is 56.8. The summed E-state index contributed by atoms with van der Waals surface area (Å²) in [7, 11) is 0. The second-order valence-electron chi connectivity index (χ2n) is 20.4. The molecule has 1 aliphatic heterocycles. The molecule has 0 aromatic heterocycles. The average Bonchev–Trinajstić information content (AvgIpc) is 3.39. The smallest absolute Gasteiger partial charge is 0.306 e. The van der Waals surface area contributed by atoms with E-state index in [4.69, 9.17) is 14.2 Å². The highest BCUT2D eigenvalue weighted by Gasteiger charge is 2.47. The van der Waals surface area contributed by atoms with Crippen LogP contribution in [0.4, 0.5) is 0 Å². The van der Waals surface area contributed by atoms with E-state index < -0.39 is 67.4 Å². The van der Waals surface area contributed by atoms with Crippen LogP contribution in [0.15, 0.2) is 72.9 Å². The number of esters is 1. The molecule has 1 fully saturated rings. The fourth-order valence-corrected chi connectivity index (χ4v) is 8.82. The minimum Gasteiger partial charge on any atom is -0.454 e. The molecule has 0 saturated carbocycles. The molecule has 0 aromatic rings. The minimum absolute atomic E-state index is 0.105. The van der Waals surface area contributed by atoms with Crippen LogP contribution in [0.5, 0.6) is 0 Å². The van der Waals surface area contributed by atoms with Crippen LogP contribution < -0.4 is 5.32 Å². The zero-order valence-electron chi connectivity index (χ0n) is 46.5. The predicted molar refractivity (Wildman–Crippen MR) is 301 cm³/mol. The predicted octanol–water partition coefficient (Wildman–Crippen LogP) is 13.6. The lowest BCUT2D eigenvalue weighted by molar-refractivity contribution is -0.305. The Morgan fingerprint density at radius 1 is 0.548 bits per heavy atom. The molecular formula is C62H109NO10. The highest BCUT2D eigenvalue weighted by molar-refractivity contribution is 5.80. The molecule has 422 valence electrons. The van der Waals surface area contributed by atoms with Gasteiger partial charge in [-0.1, -0.05) is 222 Å². The molecule has 8 atom stereocenters. The zero-order valence-corrected chi connectivity index (χ0v) is 46.5. The number of hydrogen-bond acceptors (Lipinski definition) is 10. The lowest BCUT2D eigenvalue weighted by Gasteiger charge is -2.41. The van der Waals surface area contributed by atoms with E-state index in [0.29, 0.717) is 12.8 Å². The largest absolute Gasteiger partial charge is 0.454 e. The minimum atomic E-state index is -1.62. The van der Waals surface area contributed by atoms with Gasteiger partial charge in [0.05, 0.1) is 25.4 Å². The maximum atomic E-state index is 13.4. The van der Waals surface area contributed by atoms with Crippen molar-refractivity contribution in [3.05, 3.63) is 72.9 Å². The Labute approximate surface area is 445 Å². The van der Waals surface area contributed by atoms with Crippen LogP contribution in [0.3, 0.4) is 0 Å². The number of aliphatic hydroxyl groups is 5. The van der Waals surface area contributed by atoms with E-state index in [2.05, 4.69) is 86.8 Å². The Kier molecular flexibility index (Phi) is 46.6. The van der Waals surface area contributed by atoms with Crippen LogP contribution >= 0.6 is 0 Å². The van der Waals surface area contributed by atoms with Crippen molar-refractivity contribution in [2.75, 3.05) is 13.2 Å². The van der Waals surface area contributed by atoms with E-state index in [0.717, 1.165) is 109 Å². The van der Waals surface area contributed by atoms with Crippen LogP contribution in [0, 0.1) is 0 Å². The monoisotopic (exact) mass is 1030 g/mol. The van der Waals surface area contributed by atoms with E-state index in [-0.39, 0.29) is 19.4 Å². The standard InChI is InChI=1S/C62H109NO10/c1-4-7-10-13-16-19-22-24-26-27-28-29-30-32-35-38-41-44-47-50-57(67)73-60-59(69)58(68)56(51-64)72-62(60)71-52-53(54(65)48-45-42-39-36-33-21-18-15-12-9-6-3)63-61(70)55(66)49-46-43-40-37-34-31-25-23-20-17-14-11-8-5-2/h16-17,19-20,23-26,28-29,45,48,53-56,58-60,62,64-66,68-69H,4-15,18,21-22,27,30-44,46-47,49-52H2,1-3H3,(H,63,70)/b19-16-,20-17+,25-23+,26-24-,29-28-,48-45+. The van der Waals surface area contributed by atoms with Gasteiger partial charge >= 0.3 is 5.97 Å². The fraction of sp³-hybridized carbons (Fsp3) is 0.774. The van der Waals surface area contributed by atoms with Gasteiger partial charge in [0.25, 0.3) is 0 Å². The van der Waals surface area contributed by atoms with Crippen molar-refractivity contribution in [3.8, 4) is 0 Å². The fourth-order valence-electron chi connectivity index (χ4n) is 8.82. The highest BCUT2D eigenvalue weighted by Crippen LogP contribution is 2.26.